The Kier molecular flexibility index (Phi) is 5.24. The summed E-state index contributed by atoms with van der Waals surface area (Å²) in [6.07, 6.45) is 1.04. The number of carbonyl (C=O) groups excluding carboxylic acids is 1. The molecule has 2 rings (SSSR count). The van der Waals surface area contributed by atoms with E-state index in [4.69, 9.17) is 9.84 Å². The summed E-state index contributed by atoms with van der Waals surface area (Å²) in [5, 5.41) is 11.1. The molecular formula is C12H15NO4S2. The molecule has 1 aliphatic heterocycles. The molecular weight excluding hydrogens is 286 g/mol. The quantitative estimate of drug-likeness (QED) is 0.776. The van der Waals surface area contributed by atoms with Crippen LogP contribution in [0.2, 0.25) is 0 Å². The highest BCUT2D eigenvalue weighted by atomic mass is 32.2. The van der Waals surface area contributed by atoms with Crippen LogP contribution in [-0.2, 0) is 21.7 Å². The van der Waals surface area contributed by atoms with Crippen molar-refractivity contribution in [1.82, 2.24) is 5.32 Å². The number of aryl methyl sites for hydroxylation is 1. The van der Waals surface area contributed by atoms with Crippen molar-refractivity contribution in [2.24, 2.45) is 0 Å². The number of aliphatic carboxylic acids is 1. The third-order valence-electron chi connectivity index (χ3n) is 2.61. The monoisotopic (exact) mass is 301 g/mol. The first-order valence-electron chi connectivity index (χ1n) is 5.94. The van der Waals surface area contributed by atoms with E-state index >= 15 is 0 Å². The van der Waals surface area contributed by atoms with E-state index in [1.165, 1.54) is 10.4 Å². The Morgan fingerprint density at radius 2 is 2.32 bits per heavy atom. The molecule has 0 saturated carbocycles. The summed E-state index contributed by atoms with van der Waals surface area (Å²) in [7, 11) is 0. The van der Waals surface area contributed by atoms with Crippen molar-refractivity contribution in [3.63, 3.8) is 0 Å². The number of carboxylic acid groups (broad SMARTS) is 1. The molecule has 7 heteroatoms. The van der Waals surface area contributed by atoms with Gasteiger partial charge in [-0.05, 0) is 23.8 Å². The van der Waals surface area contributed by atoms with Crippen LogP contribution in [0.3, 0.4) is 0 Å². The van der Waals surface area contributed by atoms with Gasteiger partial charge in [0.15, 0.2) is 0 Å². The smallest absolute Gasteiger partial charge is 0.329 e. The summed E-state index contributed by atoms with van der Waals surface area (Å²) in [6.45, 7) is 0.197. The van der Waals surface area contributed by atoms with Gasteiger partial charge in [0.05, 0.1) is 11.5 Å². The Bertz CT molecular complexity index is 449. The van der Waals surface area contributed by atoms with E-state index in [1.807, 2.05) is 17.8 Å². The van der Waals surface area contributed by atoms with E-state index in [0.29, 0.717) is 6.54 Å². The fourth-order valence-electron chi connectivity index (χ4n) is 1.74. The first-order chi connectivity index (χ1) is 9.16. The van der Waals surface area contributed by atoms with Crippen molar-refractivity contribution in [2.75, 3.05) is 25.5 Å². The van der Waals surface area contributed by atoms with Gasteiger partial charge in [0, 0.05) is 17.2 Å². The second-order valence-corrected chi connectivity index (χ2v) is 6.31. The van der Waals surface area contributed by atoms with Crippen LogP contribution >= 0.6 is 23.1 Å². The molecule has 0 aliphatic carbocycles. The van der Waals surface area contributed by atoms with E-state index in [2.05, 4.69) is 5.32 Å². The lowest BCUT2D eigenvalue weighted by atomic mass is 10.2. The standard InChI is InChI=1S/C12H15NO4S2/c14-11(15)6-17-3-2-13-12(16)10-5-8-7-18-4-1-9(8)19-10/h5H,1-4,6-7H2,(H,13,16)(H,14,15). The summed E-state index contributed by atoms with van der Waals surface area (Å²) in [5.74, 6) is 0.997. The molecule has 1 aromatic heterocycles. The molecule has 0 radical (unpaired) electrons. The first kappa shape index (κ1) is 14.4. The van der Waals surface area contributed by atoms with Crippen molar-refractivity contribution >= 4 is 35.0 Å². The van der Waals surface area contributed by atoms with Crippen LogP contribution in [0.15, 0.2) is 6.07 Å². The van der Waals surface area contributed by atoms with Crippen molar-refractivity contribution in [1.29, 1.82) is 0 Å². The first-order valence-corrected chi connectivity index (χ1v) is 7.91. The molecule has 0 bridgehead atoms. The van der Waals surface area contributed by atoms with Crippen LogP contribution in [0.4, 0.5) is 0 Å². The fourth-order valence-corrected chi connectivity index (χ4v) is 4.03. The van der Waals surface area contributed by atoms with Crippen LogP contribution < -0.4 is 5.32 Å². The molecule has 19 heavy (non-hydrogen) atoms. The van der Waals surface area contributed by atoms with Gasteiger partial charge in [-0.2, -0.15) is 11.8 Å². The van der Waals surface area contributed by atoms with Crippen LogP contribution in [0, 0.1) is 0 Å². The molecule has 0 aromatic carbocycles. The number of nitrogens with one attached hydrogen (secondary N) is 1. The maximum Gasteiger partial charge on any atom is 0.329 e. The number of thioether (sulfide) groups is 1. The topological polar surface area (TPSA) is 75.6 Å². The summed E-state index contributed by atoms with van der Waals surface area (Å²) >= 11 is 3.44. The highest BCUT2D eigenvalue weighted by Gasteiger charge is 2.17. The van der Waals surface area contributed by atoms with Gasteiger partial charge < -0.3 is 15.2 Å². The zero-order chi connectivity index (χ0) is 13.7. The van der Waals surface area contributed by atoms with Gasteiger partial charge in [0.1, 0.15) is 6.61 Å². The Balaban J connectivity index is 1.77. The molecule has 2 heterocycles. The van der Waals surface area contributed by atoms with E-state index < -0.39 is 5.97 Å². The number of hydrogen-bond acceptors (Lipinski definition) is 5. The van der Waals surface area contributed by atoms with E-state index in [0.717, 1.165) is 22.8 Å². The predicted octanol–water partition coefficient (Wildman–Crippen LogP) is 1.37. The Morgan fingerprint density at radius 3 is 3.05 bits per heavy atom. The van der Waals surface area contributed by atoms with Gasteiger partial charge in [-0.1, -0.05) is 0 Å². The third kappa shape index (κ3) is 4.22. The van der Waals surface area contributed by atoms with Crippen molar-refractivity contribution in [3.8, 4) is 0 Å². The highest BCUT2D eigenvalue weighted by Crippen LogP contribution is 2.31. The predicted molar refractivity (Wildman–Crippen MR) is 75.0 cm³/mol. The molecule has 0 saturated heterocycles. The molecule has 0 fully saturated rings. The normalized spacial score (nSPS) is 13.9. The summed E-state index contributed by atoms with van der Waals surface area (Å²) < 4.78 is 4.85. The van der Waals surface area contributed by atoms with Crippen LogP contribution in [0.25, 0.3) is 0 Å². The Morgan fingerprint density at radius 1 is 1.47 bits per heavy atom. The summed E-state index contributed by atoms with van der Waals surface area (Å²) in [4.78, 5) is 24.1. The highest BCUT2D eigenvalue weighted by molar-refractivity contribution is 7.98. The van der Waals surface area contributed by atoms with Gasteiger partial charge >= 0.3 is 5.97 Å². The van der Waals surface area contributed by atoms with Gasteiger partial charge in [0.2, 0.25) is 0 Å². The zero-order valence-corrected chi connectivity index (χ0v) is 11.9. The average molecular weight is 301 g/mol. The van der Waals surface area contributed by atoms with E-state index in [9.17, 15) is 9.59 Å². The molecule has 1 aromatic rings. The number of carboxylic acids is 1. The van der Waals surface area contributed by atoms with Crippen LogP contribution in [0.1, 0.15) is 20.1 Å². The number of fused-ring (bicyclic) bond motifs is 1. The van der Waals surface area contributed by atoms with Crippen LogP contribution in [-0.4, -0.2) is 42.5 Å². The Labute approximate surface area is 119 Å². The Hall–Kier alpha value is -1.05. The summed E-state index contributed by atoms with van der Waals surface area (Å²) in [6, 6.07) is 1.96. The number of hydrogen-bond donors (Lipinski definition) is 2. The molecule has 0 unspecified atom stereocenters. The van der Waals surface area contributed by atoms with Crippen molar-refractivity contribution in [3.05, 3.63) is 21.4 Å². The average Bonchev–Trinajstić information content (AvgIpc) is 2.81. The summed E-state index contributed by atoms with van der Waals surface area (Å²) in [5.41, 5.74) is 1.27. The molecule has 1 amide bonds. The largest absolute Gasteiger partial charge is 0.480 e. The zero-order valence-electron chi connectivity index (χ0n) is 10.3. The van der Waals surface area contributed by atoms with Gasteiger partial charge in [0.25, 0.3) is 5.91 Å². The minimum absolute atomic E-state index is 0.108. The molecule has 2 N–H and O–H groups in total. The maximum absolute atomic E-state index is 11.9. The van der Waals surface area contributed by atoms with Crippen molar-refractivity contribution in [2.45, 2.75) is 12.2 Å². The fraction of sp³-hybridized carbons (Fsp3) is 0.500. The lowest BCUT2D eigenvalue weighted by Gasteiger charge is -2.08. The minimum Gasteiger partial charge on any atom is -0.480 e. The second kappa shape index (κ2) is 6.93. The van der Waals surface area contributed by atoms with E-state index in [-0.39, 0.29) is 19.1 Å². The number of amides is 1. The van der Waals surface area contributed by atoms with Gasteiger partial charge in [-0.25, -0.2) is 4.79 Å². The van der Waals surface area contributed by atoms with Gasteiger partial charge in [-0.3, -0.25) is 4.79 Å². The number of rotatable bonds is 6. The lowest BCUT2D eigenvalue weighted by Crippen LogP contribution is -2.27. The van der Waals surface area contributed by atoms with E-state index in [1.54, 1.807) is 11.3 Å². The SMILES string of the molecule is O=C(O)COCCNC(=O)c1cc2c(s1)CCSC2. The molecule has 0 spiro atoms. The van der Waals surface area contributed by atoms with Crippen LogP contribution in [0.5, 0.6) is 0 Å². The number of carbonyl (C=O) groups is 2. The maximum atomic E-state index is 11.9. The lowest BCUT2D eigenvalue weighted by molar-refractivity contribution is -0.142. The van der Waals surface area contributed by atoms with Gasteiger partial charge in [-0.15, -0.1) is 11.3 Å². The molecule has 1 aliphatic rings. The number of ether oxygens (including phenoxy) is 1. The molecule has 104 valence electrons. The number of thiophene rings is 1. The second-order valence-electron chi connectivity index (χ2n) is 4.06. The third-order valence-corrected chi connectivity index (χ3v) is 4.85. The molecule has 5 nitrogen and oxygen atoms in total. The van der Waals surface area contributed by atoms with Crippen molar-refractivity contribution < 1.29 is 19.4 Å². The minimum atomic E-state index is -1.00. The molecule has 0 atom stereocenters.